The molecule has 2 aliphatic rings. The van der Waals surface area contributed by atoms with Crippen LogP contribution in [0.3, 0.4) is 0 Å². The van der Waals surface area contributed by atoms with Crippen molar-refractivity contribution in [2.24, 2.45) is 5.92 Å². The third kappa shape index (κ3) is 3.49. The van der Waals surface area contributed by atoms with Gasteiger partial charge in [-0.25, -0.2) is 0 Å². The fourth-order valence-electron chi connectivity index (χ4n) is 3.80. The fraction of sp³-hybridized carbons (Fsp3) is 0.824. The van der Waals surface area contributed by atoms with Gasteiger partial charge in [-0.05, 0) is 38.3 Å². The number of rotatable bonds is 5. The molecule has 2 bridgehead atoms. The van der Waals surface area contributed by atoms with Crippen LogP contribution in [0.4, 0.5) is 0 Å². The molecule has 2 fully saturated rings. The van der Waals surface area contributed by atoms with E-state index < -0.39 is 0 Å². The van der Waals surface area contributed by atoms with Crippen molar-refractivity contribution in [2.75, 3.05) is 26.7 Å². The highest BCUT2D eigenvalue weighted by Crippen LogP contribution is 2.36. The van der Waals surface area contributed by atoms with Crippen molar-refractivity contribution in [3.63, 3.8) is 0 Å². The number of aromatic nitrogens is 2. The molecule has 1 saturated carbocycles. The second kappa shape index (κ2) is 5.73. The molecular weight excluding hydrogens is 260 g/mol. The molecule has 1 aromatic heterocycles. The normalized spacial score (nSPS) is 26.1. The molecule has 4 heteroatoms. The molecule has 0 spiro atoms. The number of aromatic amines is 1. The van der Waals surface area contributed by atoms with E-state index in [1.807, 2.05) is 0 Å². The maximum Gasteiger partial charge on any atom is 0.0678 e. The molecule has 0 aromatic carbocycles. The quantitative estimate of drug-likeness (QED) is 0.905. The van der Waals surface area contributed by atoms with E-state index in [2.05, 4.69) is 53.9 Å². The first-order valence-corrected chi connectivity index (χ1v) is 8.39. The predicted octanol–water partition coefficient (Wildman–Crippen LogP) is 2.62. The van der Waals surface area contributed by atoms with Crippen molar-refractivity contribution >= 4 is 0 Å². The van der Waals surface area contributed by atoms with Crippen LogP contribution in [0, 0.1) is 5.92 Å². The van der Waals surface area contributed by atoms with E-state index in [1.165, 1.54) is 38.0 Å². The van der Waals surface area contributed by atoms with Gasteiger partial charge in [-0.2, -0.15) is 5.10 Å². The lowest BCUT2D eigenvalue weighted by atomic mass is 9.92. The molecule has 0 radical (unpaired) electrons. The van der Waals surface area contributed by atoms with Gasteiger partial charge in [0.1, 0.15) is 0 Å². The maximum absolute atomic E-state index is 4.45. The third-order valence-electron chi connectivity index (χ3n) is 5.13. The summed E-state index contributed by atoms with van der Waals surface area (Å²) in [6, 6.07) is 3.11. The van der Waals surface area contributed by atoms with Gasteiger partial charge in [0.15, 0.2) is 0 Å². The van der Waals surface area contributed by atoms with Gasteiger partial charge in [0.25, 0.3) is 0 Å². The minimum atomic E-state index is 0.127. The monoisotopic (exact) mass is 290 g/mol. The summed E-state index contributed by atoms with van der Waals surface area (Å²) in [5.41, 5.74) is 2.51. The smallest absolute Gasteiger partial charge is 0.0678 e. The van der Waals surface area contributed by atoms with Crippen molar-refractivity contribution in [3.8, 4) is 0 Å². The van der Waals surface area contributed by atoms with Crippen LogP contribution in [0.2, 0.25) is 0 Å². The van der Waals surface area contributed by atoms with Crippen LogP contribution in [0.1, 0.15) is 51.4 Å². The summed E-state index contributed by atoms with van der Waals surface area (Å²) < 4.78 is 0. The third-order valence-corrected chi connectivity index (χ3v) is 5.13. The molecule has 118 valence electrons. The Labute approximate surface area is 128 Å². The Morgan fingerprint density at radius 3 is 2.76 bits per heavy atom. The van der Waals surface area contributed by atoms with Crippen molar-refractivity contribution in [1.29, 1.82) is 0 Å². The molecule has 0 amide bonds. The van der Waals surface area contributed by atoms with Crippen molar-refractivity contribution in [2.45, 2.75) is 58.0 Å². The summed E-state index contributed by atoms with van der Waals surface area (Å²) >= 11 is 0. The molecule has 1 aliphatic carbocycles. The molecule has 2 atom stereocenters. The molecule has 21 heavy (non-hydrogen) atoms. The van der Waals surface area contributed by atoms with Crippen molar-refractivity contribution in [1.82, 2.24) is 20.0 Å². The van der Waals surface area contributed by atoms with E-state index in [0.29, 0.717) is 0 Å². The van der Waals surface area contributed by atoms with E-state index in [4.69, 9.17) is 0 Å². The van der Waals surface area contributed by atoms with Gasteiger partial charge in [0.2, 0.25) is 0 Å². The minimum Gasteiger partial charge on any atom is -0.299 e. The lowest BCUT2D eigenvalue weighted by Gasteiger charge is -2.28. The van der Waals surface area contributed by atoms with Gasteiger partial charge in [-0.1, -0.05) is 20.8 Å². The van der Waals surface area contributed by atoms with Crippen LogP contribution >= 0.6 is 0 Å². The highest BCUT2D eigenvalue weighted by molar-refractivity contribution is 5.16. The van der Waals surface area contributed by atoms with Crippen LogP contribution in [-0.4, -0.2) is 52.7 Å². The summed E-state index contributed by atoms with van der Waals surface area (Å²) in [6.07, 6.45) is 4.36. The topological polar surface area (TPSA) is 35.2 Å². The van der Waals surface area contributed by atoms with E-state index in [-0.39, 0.29) is 5.41 Å². The van der Waals surface area contributed by atoms with Crippen LogP contribution in [0.5, 0.6) is 0 Å². The zero-order valence-electron chi connectivity index (χ0n) is 14.0. The molecule has 0 unspecified atom stereocenters. The molecule has 1 aromatic rings. The Morgan fingerprint density at radius 2 is 2.19 bits per heavy atom. The largest absolute Gasteiger partial charge is 0.299 e. The predicted molar refractivity (Wildman–Crippen MR) is 86.3 cm³/mol. The van der Waals surface area contributed by atoms with Crippen molar-refractivity contribution in [3.05, 3.63) is 17.5 Å². The van der Waals surface area contributed by atoms with Crippen LogP contribution < -0.4 is 0 Å². The molecule has 2 heterocycles. The van der Waals surface area contributed by atoms with Gasteiger partial charge in [-0.3, -0.25) is 14.9 Å². The minimum absolute atomic E-state index is 0.127. The van der Waals surface area contributed by atoms with Gasteiger partial charge in [-0.15, -0.1) is 0 Å². The Bertz CT molecular complexity index is 473. The Balaban J connectivity index is 1.46. The van der Waals surface area contributed by atoms with E-state index in [1.54, 1.807) is 0 Å². The van der Waals surface area contributed by atoms with Gasteiger partial charge in [0.05, 0.1) is 5.69 Å². The Kier molecular flexibility index (Phi) is 4.10. The van der Waals surface area contributed by atoms with E-state index in [9.17, 15) is 0 Å². The Hall–Kier alpha value is -0.870. The number of hydrogen-bond acceptors (Lipinski definition) is 3. The average Bonchev–Trinajstić information content (AvgIpc) is 3.10. The SMILES string of the molecule is CN(CCN1C[C@H]2CC[C@@H]1C2)Cc1cc(C(C)(C)C)n[nH]1. The summed E-state index contributed by atoms with van der Waals surface area (Å²) in [5.74, 6) is 1.00. The van der Waals surface area contributed by atoms with E-state index in [0.717, 1.165) is 30.7 Å². The van der Waals surface area contributed by atoms with E-state index >= 15 is 0 Å². The maximum atomic E-state index is 4.45. The van der Waals surface area contributed by atoms with Gasteiger partial charge >= 0.3 is 0 Å². The van der Waals surface area contributed by atoms with Gasteiger partial charge < -0.3 is 0 Å². The first-order valence-electron chi connectivity index (χ1n) is 8.39. The highest BCUT2D eigenvalue weighted by atomic mass is 15.2. The number of likely N-dealkylation sites (N-methyl/N-ethyl adjacent to an activating group) is 1. The molecule has 1 aliphatic heterocycles. The number of likely N-dealkylation sites (tertiary alicyclic amines) is 1. The van der Waals surface area contributed by atoms with Gasteiger partial charge in [0, 0.05) is 43.3 Å². The molecular formula is C17H30N4. The van der Waals surface area contributed by atoms with Crippen LogP contribution in [-0.2, 0) is 12.0 Å². The number of hydrogen-bond donors (Lipinski definition) is 1. The van der Waals surface area contributed by atoms with Crippen LogP contribution in [0.15, 0.2) is 6.07 Å². The van der Waals surface area contributed by atoms with Crippen molar-refractivity contribution < 1.29 is 0 Å². The highest BCUT2D eigenvalue weighted by Gasteiger charge is 2.37. The first kappa shape index (κ1) is 15.0. The zero-order valence-corrected chi connectivity index (χ0v) is 14.0. The fourth-order valence-corrected chi connectivity index (χ4v) is 3.80. The zero-order chi connectivity index (χ0) is 15.0. The average molecular weight is 290 g/mol. The number of H-pyrrole nitrogens is 1. The number of fused-ring (bicyclic) bond motifs is 2. The molecule has 1 saturated heterocycles. The number of piperidine rings is 1. The molecule has 3 rings (SSSR count). The summed E-state index contributed by atoms with van der Waals surface area (Å²) in [7, 11) is 2.21. The standard InChI is InChI=1S/C17H30N4/c1-17(2,3)16-10-14(18-19-16)12-20(4)7-8-21-11-13-5-6-15(21)9-13/h10,13,15H,5-9,11-12H2,1-4H3,(H,18,19)/t13-,15+/m0/s1. The Morgan fingerprint density at radius 1 is 1.38 bits per heavy atom. The summed E-state index contributed by atoms with van der Waals surface area (Å²) in [5, 5.41) is 7.64. The molecule has 4 nitrogen and oxygen atoms in total. The second-order valence-electron chi connectivity index (χ2n) is 8.09. The second-order valence-corrected chi connectivity index (χ2v) is 8.09. The lowest BCUT2D eigenvalue weighted by molar-refractivity contribution is 0.181. The molecule has 1 N–H and O–H groups in total. The van der Waals surface area contributed by atoms with Crippen LogP contribution in [0.25, 0.3) is 0 Å². The summed E-state index contributed by atoms with van der Waals surface area (Å²) in [4.78, 5) is 5.12. The number of nitrogens with one attached hydrogen (secondary N) is 1. The first-order chi connectivity index (χ1) is 9.91. The summed E-state index contributed by atoms with van der Waals surface area (Å²) in [6.45, 7) is 11.3. The number of nitrogens with zero attached hydrogens (tertiary/aromatic N) is 3. The lowest BCUT2D eigenvalue weighted by Crippen LogP contribution is -2.38.